The number of nitrogens with one attached hydrogen (secondary N) is 2. The van der Waals surface area contributed by atoms with Gasteiger partial charge in [-0.05, 0) is 48.2 Å². The van der Waals surface area contributed by atoms with Crippen LogP contribution in [-0.2, 0) is 27.5 Å². The van der Waals surface area contributed by atoms with Gasteiger partial charge in [0, 0.05) is 19.1 Å². The van der Waals surface area contributed by atoms with Gasteiger partial charge in [0.15, 0.2) is 11.6 Å². The number of halogens is 4. The zero-order chi connectivity index (χ0) is 26.9. The van der Waals surface area contributed by atoms with E-state index in [-0.39, 0.29) is 42.3 Å². The van der Waals surface area contributed by atoms with Crippen LogP contribution in [0.15, 0.2) is 59.8 Å². The minimum atomic E-state index is -4.46. The first-order chi connectivity index (χ1) is 18.1. The Bertz CT molecular complexity index is 1380. The molecule has 8 nitrogen and oxygen atoms in total. The van der Waals surface area contributed by atoms with E-state index in [0.29, 0.717) is 17.7 Å². The predicted molar refractivity (Wildman–Crippen MR) is 131 cm³/mol. The van der Waals surface area contributed by atoms with Gasteiger partial charge in [0.25, 0.3) is 0 Å². The number of hydrogen-bond acceptors (Lipinski definition) is 7. The number of benzene rings is 2. The van der Waals surface area contributed by atoms with Crippen molar-refractivity contribution in [3.63, 3.8) is 0 Å². The molecule has 1 atom stereocenters. The van der Waals surface area contributed by atoms with Gasteiger partial charge in [-0.1, -0.05) is 24.3 Å². The minimum absolute atomic E-state index is 0.00148. The number of alkyl halides is 3. The molecule has 1 saturated carbocycles. The zero-order valence-electron chi connectivity index (χ0n) is 20.1. The molecule has 1 aliphatic carbocycles. The van der Waals surface area contributed by atoms with Crippen molar-refractivity contribution in [2.45, 2.75) is 42.5 Å². The van der Waals surface area contributed by atoms with E-state index >= 15 is 4.39 Å². The maximum atomic E-state index is 15.5. The quantitative estimate of drug-likeness (QED) is 0.404. The van der Waals surface area contributed by atoms with E-state index in [1.165, 1.54) is 30.6 Å². The summed E-state index contributed by atoms with van der Waals surface area (Å²) in [6.07, 6.45) is -1.57. The van der Waals surface area contributed by atoms with Gasteiger partial charge in [0.2, 0.25) is 15.8 Å². The largest absolute Gasteiger partial charge is 0.416 e. The third-order valence-electron chi connectivity index (χ3n) is 6.39. The third-order valence-corrected chi connectivity index (χ3v) is 7.92. The second-order valence-corrected chi connectivity index (χ2v) is 10.9. The Morgan fingerprint density at radius 1 is 1.03 bits per heavy atom. The summed E-state index contributed by atoms with van der Waals surface area (Å²) < 4.78 is 87.3. The van der Waals surface area contributed by atoms with Crippen LogP contribution in [0.5, 0.6) is 0 Å². The summed E-state index contributed by atoms with van der Waals surface area (Å²) in [5, 5.41) is 2.91. The molecule has 0 bridgehead atoms. The van der Waals surface area contributed by atoms with Gasteiger partial charge in [-0.3, -0.25) is 0 Å². The average Bonchev–Trinajstić information content (AvgIpc) is 3.71. The van der Waals surface area contributed by atoms with Gasteiger partial charge < -0.3 is 15.0 Å². The van der Waals surface area contributed by atoms with E-state index in [1.807, 2.05) is 0 Å². The smallest absolute Gasteiger partial charge is 0.377 e. The van der Waals surface area contributed by atoms with Crippen molar-refractivity contribution < 1.29 is 30.7 Å². The predicted octanol–water partition coefficient (Wildman–Crippen LogP) is 4.27. The summed E-state index contributed by atoms with van der Waals surface area (Å²) in [6, 6.07) is 10.4. The molecule has 0 amide bonds. The van der Waals surface area contributed by atoms with E-state index in [2.05, 4.69) is 20.0 Å². The van der Waals surface area contributed by atoms with Crippen molar-refractivity contribution >= 4 is 21.7 Å². The van der Waals surface area contributed by atoms with Crippen molar-refractivity contribution in [3.8, 4) is 0 Å². The van der Waals surface area contributed by atoms with E-state index in [9.17, 15) is 21.6 Å². The normalized spacial score (nSPS) is 18.4. The number of hydrogen-bond donors (Lipinski definition) is 2. The fourth-order valence-corrected chi connectivity index (χ4v) is 5.48. The summed E-state index contributed by atoms with van der Waals surface area (Å²) in [7, 11) is -3.57. The number of ether oxygens (including phenoxy) is 1. The minimum Gasteiger partial charge on any atom is -0.377 e. The molecule has 202 valence electrons. The molecule has 1 aliphatic heterocycles. The first kappa shape index (κ1) is 26.3. The van der Waals surface area contributed by atoms with E-state index < -0.39 is 33.6 Å². The molecule has 5 rings (SSSR count). The molecule has 2 aromatic carbocycles. The van der Waals surface area contributed by atoms with E-state index in [1.54, 1.807) is 17.0 Å². The zero-order valence-corrected chi connectivity index (χ0v) is 20.9. The highest BCUT2D eigenvalue weighted by Crippen LogP contribution is 2.34. The summed E-state index contributed by atoms with van der Waals surface area (Å²) in [6.45, 7) is 0.912. The second-order valence-electron chi connectivity index (χ2n) is 9.16. The van der Waals surface area contributed by atoms with Crippen LogP contribution in [-0.4, -0.2) is 44.2 Å². The topological polar surface area (TPSA) is 96.5 Å². The average molecular weight is 552 g/mol. The number of anilines is 2. The Morgan fingerprint density at radius 2 is 1.74 bits per heavy atom. The number of aromatic nitrogens is 2. The van der Waals surface area contributed by atoms with Gasteiger partial charge in [0.1, 0.15) is 6.33 Å². The lowest BCUT2D eigenvalue weighted by Gasteiger charge is -2.37. The molecule has 2 aliphatic rings. The summed E-state index contributed by atoms with van der Waals surface area (Å²) in [4.78, 5) is 9.91. The summed E-state index contributed by atoms with van der Waals surface area (Å²) >= 11 is 0. The molecule has 13 heteroatoms. The standard InChI is InChI=1S/C25H25F4N5O3S/c26-22-23(30-13-16-1-9-20(10-2-16)38(35,36)33-19-7-8-19)31-15-32-24(22)34-11-12-37-14-21(34)17-3-5-18(6-4-17)25(27,28)29/h1-6,9-10,15,19,21,33H,7-8,11-14H2,(H,30,31,32). The van der Waals surface area contributed by atoms with Gasteiger partial charge in [-0.15, -0.1) is 0 Å². The lowest BCUT2D eigenvalue weighted by molar-refractivity contribution is -0.137. The molecule has 1 saturated heterocycles. The molecule has 1 unspecified atom stereocenters. The van der Waals surface area contributed by atoms with Gasteiger partial charge in [0.05, 0.1) is 29.7 Å². The van der Waals surface area contributed by atoms with E-state index in [4.69, 9.17) is 4.74 Å². The van der Waals surface area contributed by atoms with Crippen LogP contribution in [0.4, 0.5) is 29.2 Å². The lowest BCUT2D eigenvalue weighted by Crippen LogP contribution is -2.40. The number of rotatable bonds is 8. The SMILES string of the molecule is O=S(=O)(NC1CC1)c1ccc(CNc2ncnc(N3CCOCC3c3ccc(C(F)(F)F)cc3)c2F)cc1. The number of sulfonamides is 1. The summed E-state index contributed by atoms with van der Waals surface area (Å²) in [5.41, 5.74) is 0.481. The van der Waals surface area contributed by atoms with Crippen LogP contribution >= 0.6 is 0 Å². The first-order valence-electron chi connectivity index (χ1n) is 12.0. The third kappa shape index (κ3) is 5.89. The van der Waals surface area contributed by atoms with Crippen molar-refractivity contribution in [2.24, 2.45) is 0 Å². The van der Waals surface area contributed by atoms with E-state index in [0.717, 1.165) is 25.0 Å². The van der Waals surface area contributed by atoms with Crippen LogP contribution < -0.4 is 14.9 Å². The van der Waals surface area contributed by atoms with Gasteiger partial charge in [-0.25, -0.2) is 23.1 Å². The fourth-order valence-electron chi connectivity index (χ4n) is 4.17. The van der Waals surface area contributed by atoms with Gasteiger partial charge in [-0.2, -0.15) is 17.6 Å². The summed E-state index contributed by atoms with van der Waals surface area (Å²) in [5.74, 6) is -0.762. The Hall–Kier alpha value is -3.29. The Balaban J connectivity index is 1.30. The molecule has 0 radical (unpaired) electrons. The first-order valence-corrected chi connectivity index (χ1v) is 13.5. The molecule has 1 aromatic heterocycles. The molecule has 2 heterocycles. The van der Waals surface area contributed by atoms with Crippen molar-refractivity contribution in [3.05, 3.63) is 77.4 Å². The molecule has 38 heavy (non-hydrogen) atoms. The van der Waals surface area contributed by atoms with Crippen LogP contribution in [0, 0.1) is 5.82 Å². The second kappa shape index (κ2) is 10.5. The molecular weight excluding hydrogens is 526 g/mol. The van der Waals surface area contributed by atoms with Crippen molar-refractivity contribution in [2.75, 3.05) is 30.0 Å². The number of nitrogens with zero attached hydrogens (tertiary/aromatic N) is 3. The Labute approximate surface area is 217 Å². The molecule has 0 spiro atoms. The van der Waals surface area contributed by atoms with Crippen LogP contribution in [0.25, 0.3) is 0 Å². The molecular formula is C25H25F4N5O3S. The van der Waals surface area contributed by atoms with Crippen LogP contribution in [0.1, 0.15) is 35.6 Å². The molecule has 2 fully saturated rings. The lowest BCUT2D eigenvalue weighted by atomic mass is 10.0. The van der Waals surface area contributed by atoms with Crippen LogP contribution in [0.3, 0.4) is 0 Å². The maximum absolute atomic E-state index is 15.5. The number of morpholine rings is 1. The molecule has 2 N–H and O–H groups in total. The maximum Gasteiger partial charge on any atom is 0.416 e. The van der Waals surface area contributed by atoms with Crippen molar-refractivity contribution in [1.29, 1.82) is 0 Å². The van der Waals surface area contributed by atoms with Crippen LogP contribution in [0.2, 0.25) is 0 Å². The molecule has 3 aromatic rings. The highest BCUT2D eigenvalue weighted by Gasteiger charge is 2.33. The monoisotopic (exact) mass is 551 g/mol. The van der Waals surface area contributed by atoms with Gasteiger partial charge >= 0.3 is 6.18 Å². The highest BCUT2D eigenvalue weighted by atomic mass is 32.2. The van der Waals surface area contributed by atoms with Crippen molar-refractivity contribution in [1.82, 2.24) is 14.7 Å². The Morgan fingerprint density at radius 3 is 2.39 bits per heavy atom. The fraction of sp³-hybridized carbons (Fsp3) is 0.360. The Kier molecular flexibility index (Phi) is 7.25. The highest BCUT2D eigenvalue weighted by molar-refractivity contribution is 7.89.